The van der Waals surface area contributed by atoms with Crippen LogP contribution in [0.2, 0.25) is 0 Å². The average Bonchev–Trinajstić information content (AvgIpc) is 2.65. The molecule has 28 heavy (non-hydrogen) atoms. The molecule has 9 heteroatoms. The average molecular weight is 514 g/mol. The molecule has 1 aromatic rings. The van der Waals surface area contributed by atoms with Crippen molar-refractivity contribution in [2.45, 2.75) is 46.9 Å². The van der Waals surface area contributed by atoms with Gasteiger partial charge >= 0.3 is 6.61 Å². The molecule has 0 aliphatic carbocycles. The Morgan fingerprint density at radius 2 is 1.86 bits per heavy atom. The fraction of sp³-hybridized carbons (Fsp3) is 0.632. The van der Waals surface area contributed by atoms with E-state index in [9.17, 15) is 8.78 Å². The van der Waals surface area contributed by atoms with Gasteiger partial charge in [0.15, 0.2) is 5.96 Å². The number of nitrogens with one attached hydrogen (secondary N) is 2. The largest absolute Gasteiger partial charge is 0.497 e. The Morgan fingerprint density at radius 1 is 1.18 bits per heavy atom. The number of likely N-dealkylation sites (N-methyl/N-ethyl adjacent to an activating group) is 1. The molecule has 6 nitrogen and oxygen atoms in total. The molecule has 0 spiro atoms. The zero-order chi connectivity index (χ0) is 20.2. The van der Waals surface area contributed by atoms with E-state index in [1.807, 2.05) is 6.92 Å². The molecule has 1 rings (SSSR count). The maximum atomic E-state index is 12.6. The SMILES string of the molecule is CCNC(=NCc1cc(OC)ccc1OC(F)F)NCC(C)N(CC)CC.I. The van der Waals surface area contributed by atoms with Crippen LogP contribution in [-0.4, -0.2) is 56.8 Å². The van der Waals surface area contributed by atoms with E-state index < -0.39 is 6.61 Å². The lowest BCUT2D eigenvalue weighted by Gasteiger charge is -2.27. The summed E-state index contributed by atoms with van der Waals surface area (Å²) in [6.45, 7) is 9.07. The number of hydrogen-bond acceptors (Lipinski definition) is 4. The molecule has 1 aromatic carbocycles. The highest BCUT2D eigenvalue weighted by atomic mass is 127. The number of halogens is 3. The van der Waals surface area contributed by atoms with Gasteiger partial charge in [-0.2, -0.15) is 8.78 Å². The zero-order valence-corrected chi connectivity index (χ0v) is 19.6. The number of alkyl halides is 2. The molecule has 0 saturated carbocycles. The molecule has 0 aliphatic heterocycles. The summed E-state index contributed by atoms with van der Waals surface area (Å²) in [4.78, 5) is 6.85. The van der Waals surface area contributed by atoms with Crippen LogP contribution in [0.4, 0.5) is 8.78 Å². The minimum atomic E-state index is -2.89. The Kier molecular flexibility index (Phi) is 13.9. The Morgan fingerprint density at radius 3 is 2.39 bits per heavy atom. The normalized spacial score (nSPS) is 12.5. The van der Waals surface area contributed by atoms with Crippen LogP contribution < -0.4 is 20.1 Å². The number of guanidine groups is 1. The van der Waals surface area contributed by atoms with Gasteiger partial charge in [0, 0.05) is 24.7 Å². The minimum absolute atomic E-state index is 0. The topological polar surface area (TPSA) is 58.1 Å². The second-order valence-corrected chi connectivity index (χ2v) is 6.00. The zero-order valence-electron chi connectivity index (χ0n) is 17.3. The fourth-order valence-electron chi connectivity index (χ4n) is 2.74. The van der Waals surface area contributed by atoms with Crippen LogP contribution in [0.1, 0.15) is 33.3 Å². The van der Waals surface area contributed by atoms with Crippen molar-refractivity contribution in [3.63, 3.8) is 0 Å². The number of rotatable bonds is 11. The molecule has 0 aliphatic rings. The quantitative estimate of drug-likeness (QED) is 0.268. The second-order valence-electron chi connectivity index (χ2n) is 6.00. The number of methoxy groups -OCH3 is 1. The van der Waals surface area contributed by atoms with Crippen LogP contribution in [0, 0.1) is 0 Å². The molecule has 0 fully saturated rings. The third kappa shape index (κ3) is 9.22. The summed E-state index contributed by atoms with van der Waals surface area (Å²) in [5.74, 6) is 1.29. The third-order valence-electron chi connectivity index (χ3n) is 4.24. The van der Waals surface area contributed by atoms with Crippen molar-refractivity contribution in [1.29, 1.82) is 0 Å². The first-order chi connectivity index (χ1) is 12.9. The van der Waals surface area contributed by atoms with Crippen LogP contribution in [0.3, 0.4) is 0 Å². The Hall–Kier alpha value is -1.36. The van der Waals surface area contributed by atoms with Crippen LogP contribution >= 0.6 is 24.0 Å². The molecule has 2 N–H and O–H groups in total. The van der Waals surface area contributed by atoms with Crippen molar-refractivity contribution in [2.75, 3.05) is 33.3 Å². The molecule has 0 heterocycles. The summed E-state index contributed by atoms with van der Waals surface area (Å²) in [6, 6.07) is 5.06. The summed E-state index contributed by atoms with van der Waals surface area (Å²) in [5, 5.41) is 6.48. The van der Waals surface area contributed by atoms with Crippen LogP contribution in [-0.2, 0) is 6.54 Å². The highest BCUT2D eigenvalue weighted by molar-refractivity contribution is 14.0. The van der Waals surface area contributed by atoms with Gasteiger partial charge in [0.05, 0.1) is 13.7 Å². The minimum Gasteiger partial charge on any atom is -0.497 e. The van der Waals surface area contributed by atoms with Gasteiger partial charge in [-0.15, -0.1) is 24.0 Å². The molecular weight excluding hydrogens is 481 g/mol. The lowest BCUT2D eigenvalue weighted by Crippen LogP contribution is -2.46. The van der Waals surface area contributed by atoms with Gasteiger partial charge in [-0.05, 0) is 45.1 Å². The van der Waals surface area contributed by atoms with Crippen molar-refractivity contribution in [3.05, 3.63) is 23.8 Å². The number of ether oxygens (including phenoxy) is 2. The highest BCUT2D eigenvalue weighted by Gasteiger charge is 2.13. The van der Waals surface area contributed by atoms with Crippen molar-refractivity contribution in [3.8, 4) is 11.5 Å². The number of aliphatic imine (C=N–C) groups is 1. The highest BCUT2D eigenvalue weighted by Crippen LogP contribution is 2.26. The molecule has 1 atom stereocenters. The van der Waals surface area contributed by atoms with Gasteiger partial charge in [0.1, 0.15) is 11.5 Å². The molecule has 0 aromatic heterocycles. The van der Waals surface area contributed by atoms with Gasteiger partial charge < -0.3 is 20.1 Å². The summed E-state index contributed by atoms with van der Waals surface area (Å²) in [7, 11) is 1.52. The molecule has 0 saturated heterocycles. The van der Waals surface area contributed by atoms with E-state index in [4.69, 9.17) is 4.74 Å². The lowest BCUT2D eigenvalue weighted by molar-refractivity contribution is -0.0504. The third-order valence-corrected chi connectivity index (χ3v) is 4.24. The first-order valence-electron chi connectivity index (χ1n) is 9.32. The van der Waals surface area contributed by atoms with E-state index in [1.165, 1.54) is 13.2 Å². The van der Waals surface area contributed by atoms with E-state index in [-0.39, 0.29) is 36.3 Å². The van der Waals surface area contributed by atoms with Gasteiger partial charge in [-0.3, -0.25) is 4.90 Å². The standard InChI is InChI=1S/C19H32F2N4O2.HI/c1-6-22-19(23-12-14(4)25(7-2)8-3)24-13-15-11-16(26-5)9-10-17(15)27-18(20)21;/h9-11,14,18H,6-8,12-13H2,1-5H3,(H2,22,23,24);1H. The molecule has 1 unspecified atom stereocenters. The first kappa shape index (κ1) is 26.6. The van der Waals surface area contributed by atoms with Crippen molar-refractivity contribution >= 4 is 29.9 Å². The van der Waals surface area contributed by atoms with Gasteiger partial charge in [-0.1, -0.05) is 13.8 Å². The molecule has 0 bridgehead atoms. The maximum Gasteiger partial charge on any atom is 0.387 e. The summed E-state index contributed by atoms with van der Waals surface area (Å²) >= 11 is 0. The van der Waals surface area contributed by atoms with E-state index in [2.05, 4.69) is 46.0 Å². The number of nitrogens with zero attached hydrogens (tertiary/aromatic N) is 2. The van der Waals surface area contributed by atoms with Crippen molar-refractivity contribution in [2.24, 2.45) is 4.99 Å². The van der Waals surface area contributed by atoms with E-state index in [1.54, 1.807) is 12.1 Å². The van der Waals surface area contributed by atoms with Gasteiger partial charge in [0.2, 0.25) is 0 Å². The monoisotopic (exact) mass is 514 g/mol. The molecule has 162 valence electrons. The number of hydrogen-bond donors (Lipinski definition) is 2. The Balaban J connectivity index is 0.00000729. The fourth-order valence-corrected chi connectivity index (χ4v) is 2.74. The maximum absolute atomic E-state index is 12.6. The van der Waals surface area contributed by atoms with E-state index in [0.717, 1.165) is 19.6 Å². The second kappa shape index (κ2) is 14.6. The smallest absolute Gasteiger partial charge is 0.387 e. The predicted molar refractivity (Wildman–Crippen MR) is 120 cm³/mol. The lowest BCUT2D eigenvalue weighted by atomic mass is 10.2. The summed E-state index contributed by atoms with van der Waals surface area (Å²) < 4.78 is 35.0. The Labute approximate surface area is 184 Å². The predicted octanol–water partition coefficient (Wildman–Crippen LogP) is 3.70. The van der Waals surface area contributed by atoms with Crippen molar-refractivity contribution < 1.29 is 18.3 Å². The van der Waals surface area contributed by atoms with Crippen LogP contribution in [0.15, 0.2) is 23.2 Å². The molecular formula is C19H33F2IN4O2. The summed E-state index contributed by atoms with van der Waals surface area (Å²) in [5.41, 5.74) is 0.531. The van der Waals surface area contributed by atoms with Gasteiger partial charge in [0.25, 0.3) is 0 Å². The van der Waals surface area contributed by atoms with Crippen LogP contribution in [0.5, 0.6) is 11.5 Å². The molecule has 0 amide bonds. The number of benzene rings is 1. The summed E-state index contributed by atoms with van der Waals surface area (Å²) in [6.07, 6.45) is 0. The Bertz CT molecular complexity index is 587. The van der Waals surface area contributed by atoms with Crippen molar-refractivity contribution in [1.82, 2.24) is 15.5 Å². The molecule has 0 radical (unpaired) electrons. The van der Waals surface area contributed by atoms with E-state index in [0.29, 0.717) is 29.9 Å². The van der Waals surface area contributed by atoms with E-state index >= 15 is 0 Å². The first-order valence-corrected chi connectivity index (χ1v) is 9.32. The van der Waals surface area contributed by atoms with Gasteiger partial charge in [-0.25, -0.2) is 4.99 Å². The van der Waals surface area contributed by atoms with Crippen LogP contribution in [0.25, 0.3) is 0 Å².